The number of hydrogen-bond acceptors (Lipinski definition) is 4. The van der Waals surface area contributed by atoms with Crippen LogP contribution in [0.25, 0.3) is 22.0 Å². The molecule has 0 atom stereocenters. The van der Waals surface area contributed by atoms with Gasteiger partial charge in [0.2, 0.25) is 0 Å². The van der Waals surface area contributed by atoms with Crippen molar-refractivity contribution in [2.24, 2.45) is 0 Å². The Morgan fingerprint density at radius 1 is 1.03 bits per heavy atom. The Balaban J connectivity index is 1.59. The molecular weight excluding hydrogens is 433 g/mol. The second kappa shape index (κ2) is 8.13. The highest BCUT2D eigenvalue weighted by Crippen LogP contribution is 2.40. The third-order valence-electron chi connectivity index (χ3n) is 5.53. The number of para-hydroxylation sites is 1. The van der Waals surface area contributed by atoms with Crippen LogP contribution < -0.4 is 4.74 Å². The van der Waals surface area contributed by atoms with Gasteiger partial charge < -0.3 is 4.74 Å². The average molecular weight is 453 g/mol. The summed E-state index contributed by atoms with van der Waals surface area (Å²) in [6.45, 7) is 1.85. The summed E-state index contributed by atoms with van der Waals surface area (Å²) in [6, 6.07) is 13.5. The van der Waals surface area contributed by atoms with E-state index < -0.39 is 11.7 Å². The van der Waals surface area contributed by atoms with Crippen LogP contribution in [0, 0.1) is 6.92 Å². The topological polar surface area (TPSA) is 35.0 Å². The molecule has 0 unspecified atom stereocenters. The highest BCUT2D eigenvalue weighted by molar-refractivity contribution is 7.99. The van der Waals surface area contributed by atoms with Gasteiger partial charge in [-0.2, -0.15) is 13.2 Å². The molecule has 3 heterocycles. The van der Waals surface area contributed by atoms with Gasteiger partial charge in [0.05, 0.1) is 11.1 Å². The summed E-state index contributed by atoms with van der Waals surface area (Å²) in [5, 5.41) is 1.47. The number of rotatable bonds is 3. The van der Waals surface area contributed by atoms with Gasteiger partial charge in [0.15, 0.2) is 0 Å². The SMILES string of the molecule is Cc1cnc2c(C(F)(F)F)cccc2c1-c1cccc(Oc2ccnc3c2CCCS3)c1. The van der Waals surface area contributed by atoms with E-state index in [1.165, 1.54) is 12.3 Å². The molecule has 2 aromatic heterocycles. The molecule has 1 aliphatic rings. The van der Waals surface area contributed by atoms with Crippen molar-refractivity contribution in [3.05, 3.63) is 77.6 Å². The van der Waals surface area contributed by atoms with Crippen LogP contribution in [0.15, 0.2) is 66.0 Å². The van der Waals surface area contributed by atoms with E-state index in [0.717, 1.165) is 57.7 Å². The smallest absolute Gasteiger partial charge is 0.418 e. The predicted molar refractivity (Wildman–Crippen MR) is 120 cm³/mol. The molecule has 32 heavy (non-hydrogen) atoms. The average Bonchev–Trinajstić information content (AvgIpc) is 2.78. The first kappa shape index (κ1) is 20.8. The number of aryl methyl sites for hydroxylation is 1. The van der Waals surface area contributed by atoms with Crippen molar-refractivity contribution in [1.82, 2.24) is 9.97 Å². The van der Waals surface area contributed by atoms with E-state index in [4.69, 9.17) is 4.74 Å². The van der Waals surface area contributed by atoms with Gasteiger partial charge in [-0.25, -0.2) is 4.98 Å². The quantitative estimate of drug-likeness (QED) is 0.323. The Morgan fingerprint density at radius 2 is 1.88 bits per heavy atom. The minimum Gasteiger partial charge on any atom is -0.457 e. The van der Waals surface area contributed by atoms with Crippen molar-refractivity contribution in [2.45, 2.75) is 31.0 Å². The lowest BCUT2D eigenvalue weighted by atomic mass is 9.95. The van der Waals surface area contributed by atoms with E-state index >= 15 is 0 Å². The zero-order chi connectivity index (χ0) is 22.3. The number of thioether (sulfide) groups is 1. The van der Waals surface area contributed by atoms with Crippen LogP contribution in [0.1, 0.15) is 23.1 Å². The number of hydrogen-bond donors (Lipinski definition) is 0. The lowest BCUT2D eigenvalue weighted by Crippen LogP contribution is -2.07. The lowest BCUT2D eigenvalue weighted by Gasteiger charge is -2.18. The number of ether oxygens (including phenoxy) is 1. The number of pyridine rings is 2. The molecule has 0 saturated heterocycles. The third-order valence-corrected chi connectivity index (χ3v) is 6.64. The summed E-state index contributed by atoms with van der Waals surface area (Å²) >= 11 is 1.73. The zero-order valence-electron chi connectivity index (χ0n) is 17.2. The number of benzene rings is 2. The van der Waals surface area contributed by atoms with Gasteiger partial charge in [0.1, 0.15) is 16.5 Å². The van der Waals surface area contributed by atoms with Crippen LogP contribution in [0.2, 0.25) is 0 Å². The number of fused-ring (bicyclic) bond motifs is 2. The fraction of sp³-hybridized carbons (Fsp3) is 0.200. The number of nitrogens with zero attached hydrogens (tertiary/aromatic N) is 2. The number of halogens is 3. The molecule has 4 aromatic rings. The van der Waals surface area contributed by atoms with Crippen molar-refractivity contribution in [2.75, 3.05) is 5.75 Å². The Morgan fingerprint density at radius 3 is 2.72 bits per heavy atom. The van der Waals surface area contributed by atoms with Crippen LogP contribution in [0.4, 0.5) is 13.2 Å². The minimum atomic E-state index is -4.47. The normalized spacial score (nSPS) is 13.8. The Hall–Kier alpha value is -3.06. The lowest BCUT2D eigenvalue weighted by molar-refractivity contribution is -0.136. The van der Waals surface area contributed by atoms with Crippen LogP contribution in [0.5, 0.6) is 11.5 Å². The van der Waals surface area contributed by atoms with Gasteiger partial charge in [-0.05, 0) is 66.5 Å². The fourth-order valence-corrected chi connectivity index (χ4v) is 5.10. The summed E-state index contributed by atoms with van der Waals surface area (Å²) in [6.07, 6.45) is 0.762. The van der Waals surface area contributed by atoms with E-state index in [1.807, 2.05) is 37.3 Å². The molecule has 5 rings (SSSR count). The van der Waals surface area contributed by atoms with Crippen molar-refractivity contribution in [3.8, 4) is 22.6 Å². The van der Waals surface area contributed by atoms with Gasteiger partial charge >= 0.3 is 6.18 Å². The third kappa shape index (κ3) is 3.81. The summed E-state index contributed by atoms with van der Waals surface area (Å²) in [5.74, 6) is 2.45. The highest BCUT2D eigenvalue weighted by Gasteiger charge is 2.33. The van der Waals surface area contributed by atoms with E-state index in [0.29, 0.717) is 11.1 Å². The highest BCUT2D eigenvalue weighted by atomic mass is 32.2. The van der Waals surface area contributed by atoms with Crippen LogP contribution >= 0.6 is 11.8 Å². The monoisotopic (exact) mass is 452 g/mol. The standard InChI is InChI=1S/C25H19F3N2OS/c1-15-14-30-23-19(7-3-9-20(23)25(26,27)28)22(15)16-5-2-6-17(13-16)31-21-10-11-29-24-18(21)8-4-12-32-24/h2-3,5-7,9-11,13-14H,4,8,12H2,1H3. The molecule has 2 aromatic carbocycles. The largest absolute Gasteiger partial charge is 0.457 e. The first-order valence-electron chi connectivity index (χ1n) is 10.3. The molecule has 0 amide bonds. The summed E-state index contributed by atoms with van der Waals surface area (Å²) < 4.78 is 46.8. The Labute approximate surface area is 187 Å². The molecule has 3 nitrogen and oxygen atoms in total. The number of aromatic nitrogens is 2. The van der Waals surface area contributed by atoms with Crippen LogP contribution in [0.3, 0.4) is 0 Å². The Kier molecular flexibility index (Phi) is 5.29. The predicted octanol–water partition coefficient (Wildman–Crippen LogP) is 7.45. The summed E-state index contributed by atoms with van der Waals surface area (Å²) in [5.41, 5.74) is 2.63. The molecule has 0 radical (unpaired) electrons. The molecule has 0 spiro atoms. The summed E-state index contributed by atoms with van der Waals surface area (Å²) in [4.78, 5) is 8.56. The molecule has 0 saturated carbocycles. The molecule has 1 aliphatic heterocycles. The summed E-state index contributed by atoms with van der Waals surface area (Å²) in [7, 11) is 0. The minimum absolute atomic E-state index is 0.0489. The fourth-order valence-electron chi connectivity index (χ4n) is 4.10. The van der Waals surface area contributed by atoms with Crippen molar-refractivity contribution in [3.63, 3.8) is 0 Å². The molecule has 162 valence electrons. The molecule has 0 bridgehead atoms. The van der Waals surface area contributed by atoms with Gasteiger partial charge in [-0.15, -0.1) is 11.8 Å². The van der Waals surface area contributed by atoms with Crippen molar-refractivity contribution < 1.29 is 17.9 Å². The van der Waals surface area contributed by atoms with E-state index in [9.17, 15) is 13.2 Å². The molecule has 7 heteroatoms. The van der Waals surface area contributed by atoms with Gasteiger partial charge in [0, 0.05) is 23.3 Å². The van der Waals surface area contributed by atoms with E-state index in [2.05, 4.69) is 9.97 Å². The van der Waals surface area contributed by atoms with E-state index in [-0.39, 0.29) is 5.52 Å². The van der Waals surface area contributed by atoms with E-state index in [1.54, 1.807) is 24.0 Å². The second-order valence-electron chi connectivity index (χ2n) is 7.69. The maximum Gasteiger partial charge on any atom is 0.418 e. The van der Waals surface area contributed by atoms with Gasteiger partial charge in [0.25, 0.3) is 0 Å². The van der Waals surface area contributed by atoms with Gasteiger partial charge in [-0.3, -0.25) is 4.98 Å². The molecule has 0 fully saturated rings. The molecule has 0 aliphatic carbocycles. The number of alkyl halides is 3. The first-order chi connectivity index (χ1) is 15.4. The van der Waals surface area contributed by atoms with Crippen molar-refractivity contribution >= 4 is 22.7 Å². The van der Waals surface area contributed by atoms with Gasteiger partial charge in [-0.1, -0.05) is 24.3 Å². The maximum atomic E-state index is 13.5. The Bertz CT molecular complexity index is 1320. The first-order valence-corrected chi connectivity index (χ1v) is 11.2. The van der Waals surface area contributed by atoms with Crippen LogP contribution in [-0.4, -0.2) is 15.7 Å². The second-order valence-corrected chi connectivity index (χ2v) is 8.77. The van der Waals surface area contributed by atoms with Crippen molar-refractivity contribution in [1.29, 1.82) is 0 Å². The molecule has 0 N–H and O–H groups in total. The maximum absolute atomic E-state index is 13.5. The van der Waals surface area contributed by atoms with Crippen LogP contribution in [-0.2, 0) is 12.6 Å². The zero-order valence-corrected chi connectivity index (χ0v) is 18.1. The molecular formula is C25H19F3N2OS.